The second-order valence-electron chi connectivity index (χ2n) is 8.14. The van der Waals surface area contributed by atoms with E-state index in [-0.39, 0.29) is 12.1 Å². The topological polar surface area (TPSA) is 55.8 Å². The Morgan fingerprint density at radius 1 is 0.958 bits per heavy atom. The highest BCUT2D eigenvalue weighted by molar-refractivity contribution is 5.90. The lowest BCUT2D eigenvalue weighted by atomic mass is 9.97. The molecule has 132 valence electrons. The van der Waals surface area contributed by atoms with Gasteiger partial charge in [-0.3, -0.25) is 0 Å². The highest BCUT2D eigenvalue weighted by Gasteiger charge is 2.26. The quantitative estimate of drug-likeness (QED) is 0.731. The Hall–Kier alpha value is -2.04. The molecule has 0 atom stereocenters. The van der Waals surface area contributed by atoms with E-state index in [9.17, 15) is 9.59 Å². The van der Waals surface area contributed by atoms with Gasteiger partial charge in [0.15, 0.2) is 0 Å². The molecule has 5 heteroatoms. The third kappa shape index (κ3) is 4.98. The maximum absolute atomic E-state index is 12.2. The third-order valence-electron chi connectivity index (χ3n) is 3.50. The number of amides is 1. The second-order valence-corrected chi connectivity index (χ2v) is 8.14. The molecule has 0 aliphatic carbocycles. The smallest absolute Gasteiger partial charge is 0.410 e. The molecule has 0 bridgehead atoms. The minimum absolute atomic E-state index is 0.302. The fourth-order valence-corrected chi connectivity index (χ4v) is 2.50. The summed E-state index contributed by atoms with van der Waals surface area (Å²) in [6.45, 7) is 12.2. The van der Waals surface area contributed by atoms with Gasteiger partial charge in [0.1, 0.15) is 11.2 Å². The number of carbonyl (C=O) groups is 2. The summed E-state index contributed by atoms with van der Waals surface area (Å²) in [4.78, 5) is 26.0. The highest BCUT2D eigenvalue weighted by atomic mass is 16.6. The normalized spacial score (nSPS) is 14.8. The Morgan fingerprint density at radius 3 is 2.17 bits per heavy atom. The Labute approximate surface area is 143 Å². The number of ether oxygens (including phenoxy) is 2. The fraction of sp³-hybridized carbons (Fsp3) is 0.579. The first-order valence-corrected chi connectivity index (χ1v) is 8.28. The molecule has 0 saturated carbocycles. The molecule has 0 aromatic heterocycles. The van der Waals surface area contributed by atoms with E-state index in [0.29, 0.717) is 25.1 Å². The number of rotatable bonds is 1. The first-order chi connectivity index (χ1) is 10.9. The van der Waals surface area contributed by atoms with Crippen LogP contribution in [0.4, 0.5) is 4.79 Å². The van der Waals surface area contributed by atoms with Gasteiger partial charge in [0, 0.05) is 13.1 Å². The van der Waals surface area contributed by atoms with Crippen LogP contribution >= 0.6 is 0 Å². The zero-order valence-corrected chi connectivity index (χ0v) is 15.4. The van der Waals surface area contributed by atoms with Crippen LogP contribution in [0.25, 0.3) is 0 Å². The molecule has 0 spiro atoms. The van der Waals surface area contributed by atoms with E-state index >= 15 is 0 Å². The van der Waals surface area contributed by atoms with E-state index in [1.54, 1.807) is 11.0 Å². The molecular weight excluding hydrogens is 306 g/mol. The predicted molar refractivity (Wildman–Crippen MR) is 92.0 cm³/mol. The van der Waals surface area contributed by atoms with E-state index in [0.717, 1.165) is 11.1 Å². The molecule has 1 aliphatic rings. The minimum Gasteiger partial charge on any atom is -0.456 e. The van der Waals surface area contributed by atoms with E-state index < -0.39 is 11.2 Å². The van der Waals surface area contributed by atoms with Crippen molar-refractivity contribution >= 4 is 12.1 Å². The molecule has 5 nitrogen and oxygen atoms in total. The maximum atomic E-state index is 12.2. The first-order valence-electron chi connectivity index (χ1n) is 8.28. The van der Waals surface area contributed by atoms with E-state index in [1.807, 2.05) is 53.7 Å². The van der Waals surface area contributed by atoms with Gasteiger partial charge >= 0.3 is 12.1 Å². The monoisotopic (exact) mass is 333 g/mol. The van der Waals surface area contributed by atoms with Crippen molar-refractivity contribution in [3.05, 3.63) is 34.9 Å². The van der Waals surface area contributed by atoms with Crippen molar-refractivity contribution in [3.63, 3.8) is 0 Å². The van der Waals surface area contributed by atoms with Gasteiger partial charge in [-0.25, -0.2) is 9.59 Å². The number of hydrogen-bond acceptors (Lipinski definition) is 4. The summed E-state index contributed by atoms with van der Waals surface area (Å²) >= 11 is 0. The average Bonchev–Trinajstić information content (AvgIpc) is 2.42. The summed E-state index contributed by atoms with van der Waals surface area (Å²) < 4.78 is 10.8. The van der Waals surface area contributed by atoms with Gasteiger partial charge in [-0.15, -0.1) is 0 Å². The molecule has 1 heterocycles. The maximum Gasteiger partial charge on any atom is 0.410 e. The first kappa shape index (κ1) is 18.3. The molecule has 0 radical (unpaired) electrons. The number of esters is 1. The van der Waals surface area contributed by atoms with Crippen LogP contribution in [0, 0.1) is 0 Å². The van der Waals surface area contributed by atoms with Gasteiger partial charge in [0.2, 0.25) is 0 Å². The lowest BCUT2D eigenvalue weighted by Gasteiger charge is -2.31. The van der Waals surface area contributed by atoms with E-state index in [2.05, 4.69) is 0 Å². The molecule has 1 amide bonds. The van der Waals surface area contributed by atoms with Crippen LogP contribution in [0.5, 0.6) is 0 Å². The number of carbonyl (C=O) groups excluding carboxylic acids is 2. The molecule has 24 heavy (non-hydrogen) atoms. The fourth-order valence-electron chi connectivity index (χ4n) is 2.50. The summed E-state index contributed by atoms with van der Waals surface area (Å²) in [6, 6.07) is 5.52. The zero-order chi connectivity index (χ0) is 18.1. The lowest BCUT2D eigenvalue weighted by molar-refractivity contribution is 0.00675. The molecule has 1 aromatic rings. The van der Waals surface area contributed by atoms with Crippen molar-refractivity contribution in [2.45, 2.75) is 65.7 Å². The van der Waals surface area contributed by atoms with Gasteiger partial charge in [0.05, 0.1) is 5.56 Å². The average molecular weight is 333 g/mol. The van der Waals surface area contributed by atoms with Crippen LogP contribution < -0.4 is 0 Å². The van der Waals surface area contributed by atoms with Gasteiger partial charge in [-0.2, -0.15) is 0 Å². The van der Waals surface area contributed by atoms with Crippen LogP contribution in [-0.4, -0.2) is 34.7 Å². The summed E-state index contributed by atoms with van der Waals surface area (Å²) in [7, 11) is 0. The minimum atomic E-state index is -0.513. The van der Waals surface area contributed by atoms with Gasteiger partial charge in [-0.05, 0) is 71.2 Å². The molecule has 1 aliphatic heterocycles. The van der Waals surface area contributed by atoms with Crippen molar-refractivity contribution < 1.29 is 19.1 Å². The largest absolute Gasteiger partial charge is 0.456 e. The van der Waals surface area contributed by atoms with Gasteiger partial charge in [0.25, 0.3) is 0 Å². The van der Waals surface area contributed by atoms with Crippen molar-refractivity contribution in [3.8, 4) is 0 Å². The van der Waals surface area contributed by atoms with Crippen molar-refractivity contribution in [2.24, 2.45) is 0 Å². The van der Waals surface area contributed by atoms with E-state index in [4.69, 9.17) is 9.47 Å². The number of nitrogens with zero attached hydrogens (tertiary/aromatic N) is 1. The lowest BCUT2D eigenvalue weighted by Crippen LogP contribution is -2.40. The van der Waals surface area contributed by atoms with Crippen LogP contribution in [0.3, 0.4) is 0 Å². The molecular formula is C19H27NO4. The number of hydrogen-bond donors (Lipinski definition) is 0. The molecule has 0 saturated heterocycles. The van der Waals surface area contributed by atoms with Crippen molar-refractivity contribution in [2.75, 3.05) is 6.54 Å². The SMILES string of the molecule is CC(C)(C)OC(=O)c1ccc2c(c1)CCN(C(=O)OC(C)(C)C)C2. The summed E-state index contributed by atoms with van der Waals surface area (Å²) in [5.74, 6) is -0.320. The highest BCUT2D eigenvalue weighted by Crippen LogP contribution is 2.23. The molecule has 1 aromatic carbocycles. The number of benzene rings is 1. The number of fused-ring (bicyclic) bond motifs is 1. The Bertz CT molecular complexity index is 638. The Balaban J connectivity index is 2.09. The van der Waals surface area contributed by atoms with Gasteiger partial charge < -0.3 is 14.4 Å². The summed E-state index contributed by atoms with van der Waals surface area (Å²) in [5.41, 5.74) is 1.66. The standard InChI is InChI=1S/C19H27NO4/c1-18(2,3)23-16(21)14-7-8-15-12-20(10-9-13(15)11-14)17(22)24-19(4,5)6/h7-8,11H,9-10,12H2,1-6H3. The van der Waals surface area contributed by atoms with Crippen molar-refractivity contribution in [1.29, 1.82) is 0 Å². The Kier molecular flexibility index (Phi) is 4.92. The summed E-state index contributed by atoms with van der Waals surface area (Å²) in [5, 5.41) is 0. The Morgan fingerprint density at radius 2 is 1.58 bits per heavy atom. The van der Waals surface area contributed by atoms with Crippen molar-refractivity contribution in [1.82, 2.24) is 4.90 Å². The van der Waals surface area contributed by atoms with E-state index in [1.165, 1.54) is 0 Å². The molecule has 0 fully saturated rings. The predicted octanol–water partition coefficient (Wildman–Crippen LogP) is 3.94. The zero-order valence-electron chi connectivity index (χ0n) is 15.4. The van der Waals surface area contributed by atoms with Crippen LogP contribution in [0.1, 0.15) is 63.0 Å². The van der Waals surface area contributed by atoms with Crippen LogP contribution in [0.2, 0.25) is 0 Å². The van der Waals surface area contributed by atoms with Crippen LogP contribution in [0.15, 0.2) is 18.2 Å². The van der Waals surface area contributed by atoms with Crippen LogP contribution in [-0.2, 0) is 22.4 Å². The molecule has 0 N–H and O–H groups in total. The second kappa shape index (κ2) is 6.46. The molecule has 2 rings (SSSR count). The summed E-state index contributed by atoms with van der Waals surface area (Å²) in [6.07, 6.45) is 0.398. The molecule has 0 unspecified atom stereocenters. The van der Waals surface area contributed by atoms with Gasteiger partial charge in [-0.1, -0.05) is 6.07 Å². The third-order valence-corrected chi connectivity index (χ3v) is 3.50.